The Bertz CT molecular complexity index is 1370. The third-order valence-corrected chi connectivity index (χ3v) is 7.41. The molecule has 0 fully saturated rings. The molecule has 0 radical (unpaired) electrons. The van der Waals surface area contributed by atoms with Gasteiger partial charge in [-0.1, -0.05) is 72.8 Å². The van der Waals surface area contributed by atoms with E-state index in [0.29, 0.717) is 37.8 Å². The van der Waals surface area contributed by atoms with E-state index in [1.54, 1.807) is 12.1 Å². The van der Waals surface area contributed by atoms with E-state index >= 15 is 4.39 Å². The number of hydrogen-bond donors (Lipinski definition) is 0. The van der Waals surface area contributed by atoms with E-state index in [9.17, 15) is 0 Å². The van der Waals surface area contributed by atoms with Crippen molar-refractivity contribution in [1.82, 2.24) is 0 Å². The minimum Gasteiger partial charge on any atom is -0.492 e. The highest BCUT2D eigenvalue weighted by Crippen LogP contribution is 2.56. The van der Waals surface area contributed by atoms with Crippen LogP contribution >= 0.6 is 0 Å². The van der Waals surface area contributed by atoms with Crippen LogP contribution in [0.2, 0.25) is 0 Å². The average molecular weight is 466 g/mol. The van der Waals surface area contributed by atoms with Crippen molar-refractivity contribution in [2.45, 2.75) is 11.5 Å². The van der Waals surface area contributed by atoms with Crippen LogP contribution in [0.15, 0.2) is 91.0 Å². The van der Waals surface area contributed by atoms with Gasteiger partial charge in [0.1, 0.15) is 31.4 Å². The van der Waals surface area contributed by atoms with Crippen LogP contribution in [0, 0.1) is 5.82 Å². The lowest BCUT2D eigenvalue weighted by Crippen LogP contribution is -2.38. The molecule has 3 aliphatic heterocycles. The fourth-order valence-corrected chi connectivity index (χ4v) is 5.89. The molecule has 0 bridgehead atoms. The lowest BCUT2D eigenvalue weighted by Gasteiger charge is -2.33. The maximum absolute atomic E-state index is 15.7. The molecule has 0 saturated heterocycles. The van der Waals surface area contributed by atoms with Crippen molar-refractivity contribution in [3.05, 3.63) is 119 Å². The average Bonchev–Trinajstić information content (AvgIpc) is 3.43. The molecule has 174 valence electrons. The third-order valence-electron chi connectivity index (χ3n) is 7.41. The summed E-state index contributed by atoms with van der Waals surface area (Å²) >= 11 is 0. The Labute approximate surface area is 203 Å². The van der Waals surface area contributed by atoms with Gasteiger partial charge < -0.3 is 19.1 Å². The second-order valence-corrected chi connectivity index (χ2v) is 9.35. The summed E-state index contributed by atoms with van der Waals surface area (Å²) < 4.78 is 33.6. The van der Waals surface area contributed by atoms with E-state index in [0.717, 1.165) is 33.8 Å². The van der Waals surface area contributed by atoms with Gasteiger partial charge >= 0.3 is 0 Å². The van der Waals surface area contributed by atoms with Crippen molar-refractivity contribution in [3.63, 3.8) is 0 Å². The van der Waals surface area contributed by atoms with Crippen molar-refractivity contribution in [1.29, 1.82) is 0 Å². The molecule has 7 rings (SSSR count). The van der Waals surface area contributed by atoms with E-state index < -0.39 is 5.41 Å². The molecule has 4 aromatic carbocycles. The van der Waals surface area contributed by atoms with Crippen LogP contribution in [-0.2, 0) is 5.41 Å². The zero-order chi connectivity index (χ0) is 23.4. The minimum absolute atomic E-state index is 0.145. The van der Waals surface area contributed by atoms with Gasteiger partial charge in [-0.3, -0.25) is 0 Å². The van der Waals surface area contributed by atoms with Gasteiger partial charge in [-0.05, 0) is 28.8 Å². The van der Waals surface area contributed by atoms with Crippen LogP contribution in [0.1, 0.15) is 28.3 Å². The van der Waals surface area contributed by atoms with Crippen molar-refractivity contribution >= 4 is 5.69 Å². The van der Waals surface area contributed by atoms with Gasteiger partial charge in [-0.2, -0.15) is 0 Å². The van der Waals surface area contributed by atoms with Crippen LogP contribution in [0.25, 0.3) is 0 Å². The predicted molar refractivity (Wildman–Crippen MR) is 132 cm³/mol. The summed E-state index contributed by atoms with van der Waals surface area (Å²) in [5.74, 6) is 1.98. The first-order chi connectivity index (χ1) is 17.2. The van der Waals surface area contributed by atoms with Gasteiger partial charge in [-0.15, -0.1) is 0 Å². The van der Waals surface area contributed by atoms with E-state index in [2.05, 4.69) is 29.2 Å². The van der Waals surface area contributed by atoms with Crippen molar-refractivity contribution in [3.8, 4) is 17.2 Å². The quantitative estimate of drug-likeness (QED) is 0.378. The Balaban J connectivity index is 1.43. The molecular weight excluding hydrogens is 441 g/mol. The summed E-state index contributed by atoms with van der Waals surface area (Å²) in [6.07, 6.45) is 0. The highest BCUT2D eigenvalue weighted by molar-refractivity contribution is 5.72. The topological polar surface area (TPSA) is 30.9 Å². The molecule has 0 amide bonds. The SMILES string of the molecule is Fc1cccc2c1N(C(c1ccccc1)c1ccccc1)CC21COc2cc3c(cc21)OCCO3. The Hall–Kier alpha value is -3.99. The molecule has 1 spiro atoms. The van der Waals surface area contributed by atoms with Crippen LogP contribution < -0.4 is 19.1 Å². The van der Waals surface area contributed by atoms with Gasteiger partial charge in [0, 0.05) is 18.2 Å². The number of hydrogen-bond acceptors (Lipinski definition) is 4. The highest BCUT2D eigenvalue weighted by Gasteiger charge is 2.52. The molecule has 0 aromatic heterocycles. The zero-order valence-corrected chi connectivity index (χ0v) is 19.1. The number of nitrogens with zero attached hydrogens (tertiary/aromatic N) is 1. The van der Waals surface area contributed by atoms with Crippen molar-refractivity contribution < 1.29 is 18.6 Å². The van der Waals surface area contributed by atoms with Gasteiger partial charge in [0.2, 0.25) is 0 Å². The molecule has 5 heteroatoms. The molecule has 1 unspecified atom stereocenters. The first-order valence-corrected chi connectivity index (χ1v) is 12.0. The first kappa shape index (κ1) is 20.4. The Morgan fingerprint density at radius 2 is 1.34 bits per heavy atom. The molecule has 3 heterocycles. The summed E-state index contributed by atoms with van der Waals surface area (Å²) in [5, 5.41) is 0. The van der Waals surface area contributed by atoms with E-state index in [-0.39, 0.29) is 11.9 Å². The smallest absolute Gasteiger partial charge is 0.165 e. The molecule has 4 nitrogen and oxygen atoms in total. The molecule has 1 atom stereocenters. The Kier molecular flexibility index (Phi) is 4.53. The Morgan fingerprint density at radius 1 is 0.686 bits per heavy atom. The van der Waals surface area contributed by atoms with Crippen LogP contribution in [0.5, 0.6) is 17.2 Å². The molecule has 0 N–H and O–H groups in total. The lowest BCUT2D eigenvalue weighted by atomic mass is 9.77. The van der Waals surface area contributed by atoms with Gasteiger partial charge in [0.25, 0.3) is 0 Å². The predicted octanol–water partition coefficient (Wildman–Crippen LogP) is 5.89. The summed E-state index contributed by atoms with van der Waals surface area (Å²) in [5.41, 5.74) is 4.33. The molecule has 3 aliphatic rings. The van der Waals surface area contributed by atoms with E-state index in [1.807, 2.05) is 54.6 Å². The maximum Gasteiger partial charge on any atom is 0.165 e. The maximum atomic E-state index is 15.7. The molecule has 4 aromatic rings. The fourth-order valence-electron chi connectivity index (χ4n) is 5.89. The van der Waals surface area contributed by atoms with Crippen molar-refractivity contribution in [2.24, 2.45) is 0 Å². The number of anilines is 1. The number of para-hydroxylation sites is 1. The van der Waals surface area contributed by atoms with Gasteiger partial charge in [-0.25, -0.2) is 4.39 Å². The summed E-state index contributed by atoms with van der Waals surface area (Å²) in [4.78, 5) is 2.21. The molecule has 35 heavy (non-hydrogen) atoms. The number of rotatable bonds is 3. The first-order valence-electron chi connectivity index (χ1n) is 12.0. The number of ether oxygens (including phenoxy) is 3. The second-order valence-electron chi connectivity index (χ2n) is 9.35. The standard InChI is InChI=1S/C30H24FNO3/c31-24-13-7-12-22-29(24)32(28(20-8-3-1-4-9-20)21-10-5-2-6-11-21)18-30(22)19-35-25-17-27-26(16-23(25)30)33-14-15-34-27/h1-13,16-17,28H,14-15,18-19H2. The molecular formula is C30H24FNO3. The summed E-state index contributed by atoms with van der Waals surface area (Å²) in [6.45, 7) is 2.06. The zero-order valence-electron chi connectivity index (χ0n) is 19.1. The second kappa shape index (κ2) is 7.77. The largest absolute Gasteiger partial charge is 0.492 e. The van der Waals surface area contributed by atoms with Crippen molar-refractivity contribution in [2.75, 3.05) is 31.3 Å². The van der Waals surface area contributed by atoms with E-state index in [1.165, 1.54) is 0 Å². The summed E-state index contributed by atoms with van der Waals surface area (Å²) in [6, 6.07) is 29.8. The fraction of sp³-hybridized carbons (Fsp3) is 0.200. The Morgan fingerprint density at radius 3 is 2.03 bits per heavy atom. The minimum atomic E-state index is -0.510. The number of fused-ring (bicyclic) bond motifs is 5. The molecule has 0 aliphatic carbocycles. The number of benzene rings is 4. The van der Waals surface area contributed by atoms with Gasteiger partial charge in [0.15, 0.2) is 11.5 Å². The van der Waals surface area contributed by atoms with Gasteiger partial charge in [0.05, 0.1) is 17.1 Å². The normalized spacial score (nSPS) is 19.5. The third kappa shape index (κ3) is 3.04. The van der Waals surface area contributed by atoms with Crippen LogP contribution in [-0.4, -0.2) is 26.4 Å². The molecule has 0 saturated carbocycles. The number of halogens is 1. The van der Waals surface area contributed by atoms with Crippen LogP contribution in [0.3, 0.4) is 0 Å². The highest BCUT2D eigenvalue weighted by atomic mass is 19.1. The van der Waals surface area contributed by atoms with E-state index in [4.69, 9.17) is 14.2 Å². The lowest BCUT2D eigenvalue weighted by molar-refractivity contribution is 0.171. The van der Waals surface area contributed by atoms with Crippen LogP contribution in [0.4, 0.5) is 10.1 Å². The monoisotopic (exact) mass is 465 g/mol. The summed E-state index contributed by atoms with van der Waals surface area (Å²) in [7, 11) is 0.